The Bertz CT molecular complexity index is 1380. The highest BCUT2D eigenvalue weighted by molar-refractivity contribution is 5.93. The van der Waals surface area contributed by atoms with E-state index in [0.717, 1.165) is 35.5 Å². The number of non-ortho nitro benzene ring substituents is 1. The Morgan fingerprint density at radius 2 is 1.91 bits per heavy atom. The summed E-state index contributed by atoms with van der Waals surface area (Å²) in [6.07, 6.45) is -1.32. The summed E-state index contributed by atoms with van der Waals surface area (Å²) in [6, 6.07) is 4.03. The lowest BCUT2D eigenvalue weighted by atomic mass is 10.1. The summed E-state index contributed by atoms with van der Waals surface area (Å²) in [6.45, 7) is 6.02. The minimum absolute atomic E-state index is 0.0240. The average Bonchev–Trinajstić information content (AvgIpc) is 3.38. The fourth-order valence-corrected chi connectivity index (χ4v) is 3.42. The Balaban J connectivity index is 1.84. The highest BCUT2D eigenvalue weighted by Gasteiger charge is 2.39. The zero-order chi connectivity index (χ0) is 24.7. The van der Waals surface area contributed by atoms with Crippen molar-refractivity contribution in [3.8, 4) is 11.5 Å². The number of fused-ring (bicyclic) bond motifs is 1. The molecule has 14 heteroatoms. The zero-order valence-corrected chi connectivity index (χ0v) is 18.8. The molecule has 1 aliphatic heterocycles. The smallest absolute Gasteiger partial charge is 0.308 e. The summed E-state index contributed by atoms with van der Waals surface area (Å²) >= 11 is 0. The quantitative estimate of drug-likeness (QED) is 0.233. The molecule has 0 bridgehead atoms. The van der Waals surface area contributed by atoms with Gasteiger partial charge >= 0.3 is 5.97 Å². The predicted molar refractivity (Wildman–Crippen MR) is 114 cm³/mol. The van der Waals surface area contributed by atoms with E-state index in [4.69, 9.17) is 14.2 Å². The maximum absolute atomic E-state index is 12.4. The Labute approximate surface area is 191 Å². The Hall–Kier alpha value is -4.62. The fourth-order valence-electron chi connectivity index (χ4n) is 3.42. The molecular weight excluding hydrogens is 450 g/mol. The van der Waals surface area contributed by atoms with Crippen molar-refractivity contribution >= 4 is 29.2 Å². The van der Waals surface area contributed by atoms with Crippen LogP contribution in [-0.2, 0) is 14.3 Å². The second-order valence-corrected chi connectivity index (χ2v) is 7.34. The van der Waals surface area contributed by atoms with Crippen LogP contribution in [0.3, 0.4) is 0 Å². The van der Waals surface area contributed by atoms with E-state index in [1.807, 2.05) is 19.9 Å². The standard InChI is InChI=1S/C20H19N7O7/c1-9-6-10(2)25-20(21-9)22-17(23-25)18-24-26(11(3)28)19(34-18)14-7-13(27(30)31)8-15(32-5)16(14)33-12(4)29/h6-8,19H,1-5H3/t19-/m0/s1. The Kier molecular flexibility index (Phi) is 5.56. The number of esters is 1. The van der Waals surface area contributed by atoms with Gasteiger partial charge in [-0.1, -0.05) is 0 Å². The normalized spacial score (nSPS) is 15.1. The number of hydrogen-bond donors (Lipinski definition) is 0. The zero-order valence-electron chi connectivity index (χ0n) is 18.8. The van der Waals surface area contributed by atoms with Gasteiger partial charge in [0.15, 0.2) is 11.5 Å². The molecule has 1 atom stereocenters. The first-order valence-corrected chi connectivity index (χ1v) is 9.90. The number of carbonyl (C=O) groups is 2. The van der Waals surface area contributed by atoms with Gasteiger partial charge in [-0.25, -0.2) is 9.50 Å². The van der Waals surface area contributed by atoms with Gasteiger partial charge in [-0.3, -0.25) is 19.7 Å². The SMILES string of the molecule is COc1cc([N+](=O)[O-])cc([C@@H]2OC(c3nc4nc(C)cc(C)n4n3)=NN2C(C)=O)c1OC(C)=O. The number of nitrogens with zero attached hydrogens (tertiary/aromatic N) is 7. The lowest BCUT2D eigenvalue weighted by molar-refractivity contribution is -0.385. The van der Waals surface area contributed by atoms with Gasteiger partial charge in [0, 0.05) is 31.3 Å². The van der Waals surface area contributed by atoms with E-state index >= 15 is 0 Å². The maximum atomic E-state index is 12.4. The van der Waals surface area contributed by atoms with Crippen molar-refractivity contribution in [2.45, 2.75) is 33.9 Å². The van der Waals surface area contributed by atoms with Crippen molar-refractivity contribution in [2.24, 2.45) is 5.10 Å². The van der Waals surface area contributed by atoms with Crippen LogP contribution < -0.4 is 9.47 Å². The number of methoxy groups -OCH3 is 1. The van der Waals surface area contributed by atoms with Crippen molar-refractivity contribution in [3.63, 3.8) is 0 Å². The first-order chi connectivity index (χ1) is 16.1. The number of benzene rings is 1. The lowest BCUT2D eigenvalue weighted by Gasteiger charge is -2.22. The van der Waals surface area contributed by atoms with E-state index in [-0.39, 0.29) is 34.5 Å². The van der Waals surface area contributed by atoms with Gasteiger partial charge in [0.1, 0.15) is 0 Å². The second-order valence-electron chi connectivity index (χ2n) is 7.34. The topological polar surface area (TPSA) is 164 Å². The highest BCUT2D eigenvalue weighted by atomic mass is 16.6. The molecule has 1 aliphatic rings. The van der Waals surface area contributed by atoms with Crippen molar-refractivity contribution in [3.05, 3.63) is 51.1 Å². The van der Waals surface area contributed by atoms with Crippen LogP contribution in [0.15, 0.2) is 23.3 Å². The van der Waals surface area contributed by atoms with E-state index in [0.29, 0.717) is 5.78 Å². The monoisotopic (exact) mass is 469 g/mol. The van der Waals surface area contributed by atoms with Crippen molar-refractivity contribution in [1.82, 2.24) is 24.6 Å². The van der Waals surface area contributed by atoms with Crippen molar-refractivity contribution in [1.29, 1.82) is 0 Å². The second kappa shape index (κ2) is 8.38. The third-order valence-corrected chi connectivity index (χ3v) is 4.79. The number of carbonyl (C=O) groups excluding carboxylic acids is 2. The van der Waals surface area contributed by atoms with Crippen LogP contribution in [0.5, 0.6) is 11.5 Å². The lowest BCUT2D eigenvalue weighted by Crippen LogP contribution is -2.26. The van der Waals surface area contributed by atoms with Crippen LogP contribution in [0.4, 0.5) is 5.69 Å². The molecule has 0 saturated heterocycles. The molecule has 0 unspecified atom stereocenters. The summed E-state index contributed by atoms with van der Waals surface area (Å²) in [7, 11) is 1.26. The minimum atomic E-state index is -1.32. The van der Waals surface area contributed by atoms with Crippen LogP contribution in [0.2, 0.25) is 0 Å². The molecule has 1 amide bonds. The van der Waals surface area contributed by atoms with Crippen molar-refractivity contribution in [2.75, 3.05) is 7.11 Å². The molecule has 0 radical (unpaired) electrons. The Morgan fingerprint density at radius 3 is 2.53 bits per heavy atom. The number of ether oxygens (including phenoxy) is 3. The van der Waals surface area contributed by atoms with E-state index in [9.17, 15) is 19.7 Å². The van der Waals surface area contributed by atoms with E-state index < -0.39 is 23.0 Å². The summed E-state index contributed by atoms with van der Waals surface area (Å²) < 4.78 is 17.8. The first-order valence-electron chi connectivity index (χ1n) is 9.90. The molecule has 14 nitrogen and oxygen atoms in total. The summed E-state index contributed by atoms with van der Waals surface area (Å²) in [5.74, 6) is -1.28. The van der Waals surface area contributed by atoms with E-state index in [1.54, 1.807) is 0 Å². The minimum Gasteiger partial charge on any atom is -0.493 e. The Morgan fingerprint density at radius 1 is 1.18 bits per heavy atom. The third-order valence-electron chi connectivity index (χ3n) is 4.79. The number of nitro groups is 1. The van der Waals surface area contributed by atoms with Crippen LogP contribution >= 0.6 is 0 Å². The van der Waals surface area contributed by atoms with Gasteiger partial charge in [0.2, 0.25) is 18.0 Å². The molecule has 0 fully saturated rings. The molecule has 1 aromatic carbocycles. The molecule has 176 valence electrons. The number of amides is 1. The van der Waals surface area contributed by atoms with Gasteiger partial charge in [-0.2, -0.15) is 9.99 Å². The summed E-state index contributed by atoms with van der Waals surface area (Å²) in [4.78, 5) is 43.6. The summed E-state index contributed by atoms with van der Waals surface area (Å²) in [5, 5.41) is 20.9. The predicted octanol–water partition coefficient (Wildman–Crippen LogP) is 1.82. The summed E-state index contributed by atoms with van der Waals surface area (Å²) in [5.41, 5.74) is 1.10. The highest BCUT2D eigenvalue weighted by Crippen LogP contribution is 2.43. The molecule has 4 rings (SSSR count). The fraction of sp³-hybridized carbons (Fsp3) is 0.300. The van der Waals surface area contributed by atoms with Gasteiger partial charge in [-0.05, 0) is 19.9 Å². The number of aryl methyl sites for hydroxylation is 2. The first kappa shape index (κ1) is 22.6. The number of nitro benzene ring substituents is 1. The number of hydrazone groups is 1. The van der Waals surface area contributed by atoms with Crippen molar-refractivity contribution < 1.29 is 28.7 Å². The van der Waals surface area contributed by atoms with Crippen LogP contribution in [0.1, 0.15) is 42.9 Å². The van der Waals surface area contributed by atoms with Crippen LogP contribution in [-0.4, -0.2) is 54.4 Å². The molecule has 0 N–H and O–H groups in total. The largest absolute Gasteiger partial charge is 0.493 e. The molecule has 3 aromatic rings. The van der Waals surface area contributed by atoms with Gasteiger partial charge in [0.25, 0.3) is 17.4 Å². The maximum Gasteiger partial charge on any atom is 0.308 e. The third kappa shape index (κ3) is 3.96. The number of hydrogen-bond acceptors (Lipinski definition) is 11. The van der Waals surface area contributed by atoms with Gasteiger partial charge in [0.05, 0.1) is 23.7 Å². The van der Waals surface area contributed by atoms with E-state index in [1.165, 1.54) is 18.5 Å². The van der Waals surface area contributed by atoms with E-state index in [2.05, 4.69) is 20.2 Å². The molecule has 0 aliphatic carbocycles. The van der Waals surface area contributed by atoms with Crippen LogP contribution in [0.25, 0.3) is 5.78 Å². The molecule has 2 aromatic heterocycles. The molecule has 0 saturated carbocycles. The molecular formula is C20H19N7O7. The van der Waals surface area contributed by atoms with Gasteiger partial charge in [-0.15, -0.1) is 10.2 Å². The van der Waals surface area contributed by atoms with Gasteiger partial charge < -0.3 is 14.2 Å². The number of rotatable bonds is 5. The molecule has 3 heterocycles. The molecule has 0 spiro atoms. The van der Waals surface area contributed by atoms with Crippen LogP contribution in [0, 0.1) is 24.0 Å². The molecule has 34 heavy (non-hydrogen) atoms. The number of aromatic nitrogens is 4. The average molecular weight is 469 g/mol.